The van der Waals surface area contributed by atoms with E-state index in [1.165, 1.54) is 6.26 Å². The third-order valence-electron chi connectivity index (χ3n) is 3.87. The first-order chi connectivity index (χ1) is 11.2. The van der Waals surface area contributed by atoms with Gasteiger partial charge in [0.15, 0.2) is 17.3 Å². The van der Waals surface area contributed by atoms with Crippen LogP contribution in [0.15, 0.2) is 41.0 Å². The van der Waals surface area contributed by atoms with E-state index in [4.69, 9.17) is 13.9 Å². The van der Waals surface area contributed by atoms with E-state index in [1.54, 1.807) is 29.2 Å². The van der Waals surface area contributed by atoms with Crippen LogP contribution < -0.4 is 19.7 Å². The van der Waals surface area contributed by atoms with Crippen LogP contribution in [-0.2, 0) is 4.79 Å². The second kappa shape index (κ2) is 5.35. The van der Waals surface area contributed by atoms with E-state index in [2.05, 4.69) is 5.32 Å². The Hall–Kier alpha value is -2.96. The summed E-state index contributed by atoms with van der Waals surface area (Å²) in [4.78, 5) is 25.9. The van der Waals surface area contributed by atoms with E-state index in [1.807, 2.05) is 6.07 Å². The number of anilines is 1. The molecule has 1 atom stereocenters. The van der Waals surface area contributed by atoms with Gasteiger partial charge in [0, 0.05) is 24.7 Å². The van der Waals surface area contributed by atoms with E-state index in [0.717, 1.165) is 5.69 Å². The number of ether oxygens (including phenoxy) is 2. The number of rotatable bonds is 3. The largest absolute Gasteiger partial charge is 0.459 e. The smallest absolute Gasteiger partial charge is 0.287 e. The Labute approximate surface area is 131 Å². The van der Waals surface area contributed by atoms with Crippen molar-refractivity contribution >= 4 is 17.5 Å². The van der Waals surface area contributed by atoms with Crippen molar-refractivity contribution in [3.63, 3.8) is 0 Å². The summed E-state index contributed by atoms with van der Waals surface area (Å²) in [5.74, 6) is 1.16. The first kappa shape index (κ1) is 13.7. The first-order valence-corrected chi connectivity index (χ1v) is 7.25. The van der Waals surface area contributed by atoms with Gasteiger partial charge in [-0.3, -0.25) is 9.59 Å². The van der Waals surface area contributed by atoms with Crippen LogP contribution in [0.1, 0.15) is 17.0 Å². The van der Waals surface area contributed by atoms with Crippen molar-refractivity contribution in [3.8, 4) is 11.5 Å². The molecule has 7 nitrogen and oxygen atoms in total. The summed E-state index contributed by atoms with van der Waals surface area (Å²) in [6, 6.07) is 8.33. The molecule has 23 heavy (non-hydrogen) atoms. The number of hydrogen-bond acceptors (Lipinski definition) is 5. The van der Waals surface area contributed by atoms with Gasteiger partial charge in [0.05, 0.1) is 12.3 Å². The normalized spacial score (nSPS) is 19.2. The zero-order valence-electron chi connectivity index (χ0n) is 12.2. The van der Waals surface area contributed by atoms with Gasteiger partial charge in [-0.25, -0.2) is 0 Å². The molecule has 2 aromatic rings. The van der Waals surface area contributed by atoms with Crippen LogP contribution in [0.2, 0.25) is 0 Å². The minimum atomic E-state index is -0.319. The Morgan fingerprint density at radius 1 is 1.22 bits per heavy atom. The standard InChI is InChI=1S/C16H14N2O5/c19-15-6-10(17-16(20)13-2-1-5-21-13)8-18(15)11-3-4-12-14(7-11)23-9-22-12/h1-5,7,10H,6,8-9H2,(H,17,20). The first-order valence-electron chi connectivity index (χ1n) is 7.25. The molecule has 2 aliphatic heterocycles. The van der Waals surface area contributed by atoms with Crippen LogP contribution >= 0.6 is 0 Å². The van der Waals surface area contributed by atoms with Gasteiger partial charge in [-0.2, -0.15) is 0 Å². The molecule has 1 aromatic carbocycles. The highest BCUT2D eigenvalue weighted by molar-refractivity contribution is 5.98. The number of fused-ring (bicyclic) bond motifs is 1. The lowest BCUT2D eigenvalue weighted by atomic mass is 10.2. The molecule has 3 heterocycles. The molecule has 2 aliphatic rings. The van der Waals surface area contributed by atoms with E-state index in [-0.39, 0.29) is 36.8 Å². The third kappa shape index (κ3) is 2.50. The lowest BCUT2D eigenvalue weighted by Gasteiger charge is -2.17. The molecular formula is C16H14N2O5. The number of benzene rings is 1. The van der Waals surface area contributed by atoms with Gasteiger partial charge >= 0.3 is 0 Å². The average Bonchev–Trinajstić information content (AvgIpc) is 3.26. The van der Waals surface area contributed by atoms with Crippen LogP contribution in [-0.4, -0.2) is 31.2 Å². The molecule has 118 valence electrons. The highest BCUT2D eigenvalue weighted by Crippen LogP contribution is 2.36. The molecule has 2 amide bonds. The minimum absolute atomic E-state index is 0.0476. The summed E-state index contributed by atoms with van der Waals surface area (Å²) >= 11 is 0. The molecule has 1 fully saturated rings. The van der Waals surface area contributed by atoms with Gasteiger partial charge in [0.1, 0.15) is 0 Å². The number of furan rings is 1. The number of carbonyl (C=O) groups is 2. The molecule has 0 radical (unpaired) electrons. The fourth-order valence-electron chi connectivity index (χ4n) is 2.77. The van der Waals surface area contributed by atoms with Gasteiger partial charge in [-0.15, -0.1) is 0 Å². The van der Waals surface area contributed by atoms with Gasteiger partial charge in [0.25, 0.3) is 5.91 Å². The van der Waals surface area contributed by atoms with Crippen molar-refractivity contribution in [1.82, 2.24) is 5.32 Å². The van der Waals surface area contributed by atoms with Crippen molar-refractivity contribution in [2.75, 3.05) is 18.2 Å². The van der Waals surface area contributed by atoms with Crippen molar-refractivity contribution in [2.45, 2.75) is 12.5 Å². The summed E-state index contributed by atoms with van der Waals surface area (Å²) in [6.07, 6.45) is 1.69. The second-order valence-electron chi connectivity index (χ2n) is 5.39. The molecule has 1 saturated heterocycles. The molecule has 0 saturated carbocycles. The molecule has 7 heteroatoms. The quantitative estimate of drug-likeness (QED) is 0.929. The fourth-order valence-corrected chi connectivity index (χ4v) is 2.77. The number of nitrogens with zero attached hydrogens (tertiary/aromatic N) is 1. The Kier molecular flexibility index (Phi) is 3.18. The fraction of sp³-hybridized carbons (Fsp3) is 0.250. The van der Waals surface area contributed by atoms with Gasteiger partial charge in [-0.1, -0.05) is 0 Å². The molecule has 0 bridgehead atoms. The Balaban J connectivity index is 1.47. The van der Waals surface area contributed by atoms with Crippen LogP contribution in [0.4, 0.5) is 5.69 Å². The Morgan fingerprint density at radius 3 is 2.91 bits per heavy atom. The zero-order valence-corrected chi connectivity index (χ0v) is 12.2. The average molecular weight is 314 g/mol. The van der Waals surface area contributed by atoms with Crippen molar-refractivity contribution in [3.05, 3.63) is 42.4 Å². The van der Waals surface area contributed by atoms with Gasteiger partial charge in [-0.05, 0) is 24.3 Å². The van der Waals surface area contributed by atoms with Crippen LogP contribution in [0.3, 0.4) is 0 Å². The maximum absolute atomic E-state index is 12.2. The van der Waals surface area contributed by atoms with Crippen LogP contribution in [0, 0.1) is 0 Å². The summed E-state index contributed by atoms with van der Waals surface area (Å²) in [7, 11) is 0. The Bertz CT molecular complexity index is 756. The minimum Gasteiger partial charge on any atom is -0.459 e. The van der Waals surface area contributed by atoms with Crippen molar-refractivity contribution in [2.24, 2.45) is 0 Å². The molecule has 4 rings (SSSR count). The molecular weight excluding hydrogens is 300 g/mol. The monoisotopic (exact) mass is 314 g/mol. The summed E-state index contributed by atoms with van der Waals surface area (Å²) < 4.78 is 15.7. The van der Waals surface area contributed by atoms with Gasteiger partial charge < -0.3 is 24.1 Å². The maximum Gasteiger partial charge on any atom is 0.287 e. The van der Waals surface area contributed by atoms with E-state index < -0.39 is 0 Å². The Morgan fingerprint density at radius 2 is 2.09 bits per heavy atom. The molecule has 0 spiro atoms. The maximum atomic E-state index is 12.2. The SMILES string of the molecule is O=C(NC1CC(=O)N(c2ccc3c(c2)OCO3)C1)c1ccco1. The highest BCUT2D eigenvalue weighted by Gasteiger charge is 2.32. The molecule has 1 aromatic heterocycles. The van der Waals surface area contributed by atoms with E-state index >= 15 is 0 Å². The summed E-state index contributed by atoms with van der Waals surface area (Å²) in [5, 5.41) is 2.81. The van der Waals surface area contributed by atoms with Gasteiger partial charge in [0.2, 0.25) is 12.7 Å². The summed E-state index contributed by atoms with van der Waals surface area (Å²) in [5.41, 5.74) is 0.731. The molecule has 1 unspecified atom stereocenters. The number of hydrogen-bond donors (Lipinski definition) is 1. The summed E-state index contributed by atoms with van der Waals surface area (Å²) in [6.45, 7) is 0.597. The predicted octanol–water partition coefficient (Wildman–Crippen LogP) is 1.54. The second-order valence-corrected chi connectivity index (χ2v) is 5.39. The zero-order chi connectivity index (χ0) is 15.8. The van der Waals surface area contributed by atoms with E-state index in [0.29, 0.717) is 18.0 Å². The van der Waals surface area contributed by atoms with E-state index in [9.17, 15) is 9.59 Å². The number of carbonyl (C=O) groups excluding carboxylic acids is 2. The topological polar surface area (TPSA) is 81.0 Å². The van der Waals surface area contributed by atoms with Crippen LogP contribution in [0.5, 0.6) is 11.5 Å². The molecule has 0 aliphatic carbocycles. The molecule has 1 N–H and O–H groups in total. The number of amides is 2. The van der Waals surface area contributed by atoms with Crippen molar-refractivity contribution in [1.29, 1.82) is 0 Å². The highest BCUT2D eigenvalue weighted by atomic mass is 16.7. The number of nitrogens with one attached hydrogen (secondary N) is 1. The third-order valence-corrected chi connectivity index (χ3v) is 3.87. The predicted molar refractivity (Wildman–Crippen MR) is 79.5 cm³/mol. The van der Waals surface area contributed by atoms with Crippen molar-refractivity contribution < 1.29 is 23.5 Å². The lowest BCUT2D eigenvalue weighted by Crippen LogP contribution is -2.37. The lowest BCUT2D eigenvalue weighted by molar-refractivity contribution is -0.117. The van der Waals surface area contributed by atoms with Crippen LogP contribution in [0.25, 0.3) is 0 Å².